The summed E-state index contributed by atoms with van der Waals surface area (Å²) in [5.74, 6) is 0.558. The molecule has 1 aliphatic rings. The molecule has 0 fully saturated rings. The molecule has 0 radical (unpaired) electrons. The Hall–Kier alpha value is -2.85. The standard InChI is InChI=1S/C21H17ClN2O2/c22-17-8-9-18-16(11-17)12-19(26-18)21(25)24-20(14-5-2-1-3-6-14)15-7-4-10-23-13-15/h1-11,13,19-20H,12H2,(H,24,25)/t19-,20+/m0/s1. The van der Waals surface area contributed by atoms with Crippen LogP contribution in [0.3, 0.4) is 0 Å². The number of pyridine rings is 1. The quantitative estimate of drug-likeness (QED) is 0.762. The van der Waals surface area contributed by atoms with Crippen molar-refractivity contribution >= 4 is 17.5 Å². The van der Waals surface area contributed by atoms with E-state index in [1.807, 2.05) is 48.5 Å². The molecule has 0 spiro atoms. The van der Waals surface area contributed by atoms with E-state index < -0.39 is 6.10 Å². The van der Waals surface area contributed by atoms with Gasteiger partial charge in [0.1, 0.15) is 5.75 Å². The van der Waals surface area contributed by atoms with Crippen LogP contribution in [0.1, 0.15) is 22.7 Å². The van der Waals surface area contributed by atoms with Crippen LogP contribution in [0.5, 0.6) is 5.75 Å². The van der Waals surface area contributed by atoms with Crippen LogP contribution in [-0.2, 0) is 11.2 Å². The smallest absolute Gasteiger partial charge is 0.262 e. The van der Waals surface area contributed by atoms with Gasteiger partial charge in [-0.1, -0.05) is 48.0 Å². The molecule has 0 unspecified atom stereocenters. The molecule has 1 N–H and O–H groups in total. The van der Waals surface area contributed by atoms with Crippen LogP contribution < -0.4 is 10.1 Å². The van der Waals surface area contributed by atoms with Crippen molar-refractivity contribution in [2.45, 2.75) is 18.6 Å². The molecule has 130 valence electrons. The Labute approximate surface area is 156 Å². The van der Waals surface area contributed by atoms with Crippen LogP contribution in [0.15, 0.2) is 73.1 Å². The zero-order valence-electron chi connectivity index (χ0n) is 13.9. The molecule has 2 heterocycles. The van der Waals surface area contributed by atoms with E-state index in [1.165, 1.54) is 0 Å². The monoisotopic (exact) mass is 364 g/mol. The van der Waals surface area contributed by atoms with Gasteiger partial charge in [-0.25, -0.2) is 0 Å². The van der Waals surface area contributed by atoms with Crippen molar-refractivity contribution in [3.05, 3.63) is 94.8 Å². The minimum Gasteiger partial charge on any atom is -0.480 e. The van der Waals surface area contributed by atoms with Crippen LogP contribution in [0.4, 0.5) is 0 Å². The highest BCUT2D eigenvalue weighted by Gasteiger charge is 2.31. The Kier molecular flexibility index (Phi) is 4.59. The third-order valence-corrected chi connectivity index (χ3v) is 4.66. The van der Waals surface area contributed by atoms with E-state index in [9.17, 15) is 4.79 Å². The molecular formula is C21H17ClN2O2. The summed E-state index contributed by atoms with van der Waals surface area (Å²) in [5, 5.41) is 3.75. The van der Waals surface area contributed by atoms with Gasteiger partial charge in [-0.05, 0) is 41.0 Å². The highest BCUT2D eigenvalue weighted by molar-refractivity contribution is 6.30. The SMILES string of the molecule is O=C(N[C@H](c1ccccc1)c1cccnc1)[C@@H]1Cc2cc(Cl)ccc2O1. The number of ether oxygens (including phenoxy) is 1. The molecule has 0 saturated heterocycles. The third-order valence-electron chi connectivity index (χ3n) is 4.43. The molecule has 2 aromatic carbocycles. The van der Waals surface area contributed by atoms with Crippen LogP contribution in [0.25, 0.3) is 0 Å². The number of amides is 1. The Bertz CT molecular complexity index is 876. The van der Waals surface area contributed by atoms with E-state index in [2.05, 4.69) is 10.3 Å². The summed E-state index contributed by atoms with van der Waals surface area (Å²) >= 11 is 6.03. The average Bonchev–Trinajstić information content (AvgIpc) is 3.10. The molecule has 2 atom stereocenters. The number of aromatic nitrogens is 1. The first-order valence-corrected chi connectivity index (χ1v) is 8.79. The predicted molar refractivity (Wildman–Crippen MR) is 100 cm³/mol. The van der Waals surface area contributed by atoms with Crippen molar-refractivity contribution in [3.8, 4) is 5.75 Å². The normalized spacial score (nSPS) is 16.4. The maximum absolute atomic E-state index is 12.9. The lowest BCUT2D eigenvalue weighted by atomic mass is 9.99. The second-order valence-corrected chi connectivity index (χ2v) is 6.64. The largest absolute Gasteiger partial charge is 0.480 e. The van der Waals surface area contributed by atoms with Crippen molar-refractivity contribution in [1.29, 1.82) is 0 Å². The van der Waals surface area contributed by atoms with E-state index in [0.29, 0.717) is 17.2 Å². The topological polar surface area (TPSA) is 51.2 Å². The Morgan fingerprint density at radius 2 is 1.92 bits per heavy atom. The number of nitrogens with one attached hydrogen (secondary N) is 1. The molecule has 0 aliphatic carbocycles. The highest BCUT2D eigenvalue weighted by Crippen LogP contribution is 2.31. The summed E-state index contributed by atoms with van der Waals surface area (Å²) in [7, 11) is 0. The van der Waals surface area contributed by atoms with Gasteiger partial charge in [0.05, 0.1) is 6.04 Å². The van der Waals surface area contributed by atoms with Gasteiger partial charge < -0.3 is 10.1 Å². The Morgan fingerprint density at radius 3 is 2.69 bits per heavy atom. The number of halogens is 1. The van der Waals surface area contributed by atoms with Gasteiger partial charge in [0.25, 0.3) is 5.91 Å². The fourth-order valence-corrected chi connectivity index (χ4v) is 3.34. The molecule has 0 bridgehead atoms. The third kappa shape index (κ3) is 3.41. The predicted octanol–water partition coefficient (Wildman–Crippen LogP) is 3.94. The summed E-state index contributed by atoms with van der Waals surface area (Å²) in [6.45, 7) is 0. The molecule has 26 heavy (non-hydrogen) atoms. The summed E-state index contributed by atoms with van der Waals surface area (Å²) in [5.41, 5.74) is 2.87. The van der Waals surface area contributed by atoms with Gasteiger partial charge in [0.2, 0.25) is 0 Å². The summed E-state index contributed by atoms with van der Waals surface area (Å²) in [6.07, 6.45) is 3.43. The first-order chi connectivity index (χ1) is 12.7. The van der Waals surface area contributed by atoms with Gasteiger partial charge in [0, 0.05) is 23.8 Å². The van der Waals surface area contributed by atoms with Gasteiger partial charge in [0.15, 0.2) is 6.10 Å². The lowest BCUT2D eigenvalue weighted by Crippen LogP contribution is -2.40. The minimum atomic E-state index is -0.564. The fourth-order valence-electron chi connectivity index (χ4n) is 3.15. The molecular weight excluding hydrogens is 348 g/mol. The molecule has 3 aromatic rings. The van der Waals surface area contributed by atoms with Crippen molar-refractivity contribution in [2.24, 2.45) is 0 Å². The number of carbonyl (C=O) groups is 1. The molecule has 0 saturated carbocycles. The van der Waals surface area contributed by atoms with Crippen LogP contribution in [0.2, 0.25) is 5.02 Å². The Morgan fingerprint density at radius 1 is 1.12 bits per heavy atom. The van der Waals surface area contributed by atoms with Crippen molar-refractivity contribution in [1.82, 2.24) is 10.3 Å². The fraction of sp³-hybridized carbons (Fsp3) is 0.143. The van der Waals surface area contributed by atoms with E-state index in [0.717, 1.165) is 16.7 Å². The van der Waals surface area contributed by atoms with Crippen LogP contribution in [-0.4, -0.2) is 17.0 Å². The summed E-state index contributed by atoms with van der Waals surface area (Å²) in [6, 6.07) is 18.8. The van der Waals surface area contributed by atoms with Crippen molar-refractivity contribution in [3.63, 3.8) is 0 Å². The molecule has 1 amide bonds. The van der Waals surface area contributed by atoms with E-state index in [-0.39, 0.29) is 11.9 Å². The van der Waals surface area contributed by atoms with Gasteiger partial charge in [-0.15, -0.1) is 0 Å². The lowest BCUT2D eigenvalue weighted by molar-refractivity contribution is -0.127. The maximum Gasteiger partial charge on any atom is 0.262 e. The van der Waals surface area contributed by atoms with Gasteiger partial charge in [-0.2, -0.15) is 0 Å². The summed E-state index contributed by atoms with van der Waals surface area (Å²) in [4.78, 5) is 17.0. The van der Waals surface area contributed by atoms with E-state index in [1.54, 1.807) is 24.5 Å². The van der Waals surface area contributed by atoms with Gasteiger partial charge in [-0.3, -0.25) is 9.78 Å². The zero-order valence-corrected chi connectivity index (χ0v) is 14.7. The van der Waals surface area contributed by atoms with Crippen molar-refractivity contribution < 1.29 is 9.53 Å². The van der Waals surface area contributed by atoms with Crippen molar-refractivity contribution in [2.75, 3.05) is 0 Å². The molecule has 1 aliphatic heterocycles. The van der Waals surface area contributed by atoms with Gasteiger partial charge >= 0.3 is 0 Å². The molecule has 4 nitrogen and oxygen atoms in total. The molecule has 5 heteroatoms. The number of hydrogen-bond donors (Lipinski definition) is 1. The molecule has 4 rings (SSSR count). The number of carbonyl (C=O) groups excluding carboxylic acids is 1. The molecule has 1 aromatic heterocycles. The highest BCUT2D eigenvalue weighted by atomic mass is 35.5. The van der Waals surface area contributed by atoms with E-state index in [4.69, 9.17) is 16.3 Å². The minimum absolute atomic E-state index is 0.157. The van der Waals surface area contributed by atoms with E-state index >= 15 is 0 Å². The van der Waals surface area contributed by atoms with Crippen LogP contribution in [0, 0.1) is 0 Å². The lowest BCUT2D eigenvalue weighted by Gasteiger charge is -2.21. The number of nitrogens with zero attached hydrogens (tertiary/aromatic N) is 1. The summed E-state index contributed by atoms with van der Waals surface area (Å²) < 4.78 is 5.81. The first kappa shape index (κ1) is 16.6. The second-order valence-electron chi connectivity index (χ2n) is 6.20. The maximum atomic E-state index is 12.9. The number of fused-ring (bicyclic) bond motifs is 1. The average molecular weight is 365 g/mol. The second kappa shape index (κ2) is 7.18. The number of hydrogen-bond acceptors (Lipinski definition) is 3. The number of rotatable bonds is 4. The first-order valence-electron chi connectivity index (χ1n) is 8.41. The Balaban J connectivity index is 1.56. The van der Waals surface area contributed by atoms with Crippen LogP contribution >= 0.6 is 11.6 Å². The zero-order chi connectivity index (χ0) is 17.9. The number of benzene rings is 2.